The minimum atomic E-state index is -1.09. The number of benzene rings is 1. The van der Waals surface area contributed by atoms with E-state index in [1.54, 1.807) is 32.9 Å². The molecular weight excluding hydrogens is 234 g/mol. The first-order chi connectivity index (χ1) is 8.34. The Labute approximate surface area is 105 Å². The number of rotatable bonds is 4. The van der Waals surface area contributed by atoms with Crippen molar-refractivity contribution in [1.29, 1.82) is 0 Å². The van der Waals surface area contributed by atoms with E-state index in [9.17, 15) is 14.7 Å². The Hall–Kier alpha value is -2.04. The van der Waals surface area contributed by atoms with Crippen LogP contribution in [0.3, 0.4) is 0 Å². The minimum absolute atomic E-state index is 0.0851. The molecule has 0 unspecified atom stereocenters. The van der Waals surface area contributed by atoms with Crippen LogP contribution in [0.1, 0.15) is 29.8 Å². The average molecular weight is 251 g/mol. The van der Waals surface area contributed by atoms with Crippen molar-refractivity contribution in [2.45, 2.75) is 26.8 Å². The smallest absolute Gasteiger partial charge is 0.326 e. The Morgan fingerprint density at radius 1 is 1.28 bits per heavy atom. The molecule has 0 saturated heterocycles. The Bertz CT molecular complexity index is 468. The van der Waals surface area contributed by atoms with Gasteiger partial charge in [-0.25, -0.2) is 4.79 Å². The number of carboxylic acid groups (broad SMARTS) is 1. The molecule has 18 heavy (non-hydrogen) atoms. The van der Waals surface area contributed by atoms with Crippen molar-refractivity contribution in [2.75, 3.05) is 0 Å². The normalized spacial score (nSPS) is 12.2. The van der Waals surface area contributed by atoms with Crippen LogP contribution >= 0.6 is 0 Å². The zero-order chi connectivity index (χ0) is 13.9. The number of hydrogen-bond donors (Lipinski definition) is 3. The second-order valence-corrected chi connectivity index (χ2v) is 4.50. The highest BCUT2D eigenvalue weighted by molar-refractivity contribution is 5.99. The lowest BCUT2D eigenvalue weighted by atomic mass is 10.0. The monoisotopic (exact) mass is 251 g/mol. The second-order valence-electron chi connectivity index (χ2n) is 4.50. The van der Waals surface area contributed by atoms with Crippen LogP contribution in [0, 0.1) is 12.8 Å². The van der Waals surface area contributed by atoms with Gasteiger partial charge in [-0.3, -0.25) is 4.79 Å². The summed E-state index contributed by atoms with van der Waals surface area (Å²) in [6.45, 7) is 5.08. The van der Waals surface area contributed by atoms with E-state index in [1.165, 1.54) is 6.07 Å². The molecular formula is C13H17NO4. The van der Waals surface area contributed by atoms with E-state index in [0.717, 1.165) is 0 Å². The molecule has 1 rings (SSSR count). The number of phenolic OH excluding ortho intramolecular Hbond substituents is 1. The number of nitrogens with one attached hydrogen (secondary N) is 1. The number of amides is 1. The van der Waals surface area contributed by atoms with Crippen molar-refractivity contribution in [1.82, 2.24) is 5.32 Å². The summed E-state index contributed by atoms with van der Waals surface area (Å²) in [5.41, 5.74) is 0.654. The van der Waals surface area contributed by atoms with E-state index >= 15 is 0 Å². The Morgan fingerprint density at radius 2 is 1.89 bits per heavy atom. The van der Waals surface area contributed by atoms with E-state index in [-0.39, 0.29) is 17.2 Å². The van der Waals surface area contributed by atoms with Gasteiger partial charge in [-0.1, -0.05) is 26.0 Å². The lowest BCUT2D eigenvalue weighted by Gasteiger charge is -2.18. The molecule has 0 fully saturated rings. The summed E-state index contributed by atoms with van der Waals surface area (Å²) in [7, 11) is 0. The summed E-state index contributed by atoms with van der Waals surface area (Å²) in [5, 5.41) is 21.1. The number of aliphatic carboxylic acids is 1. The minimum Gasteiger partial charge on any atom is -0.507 e. The zero-order valence-electron chi connectivity index (χ0n) is 10.6. The molecule has 1 amide bonds. The van der Waals surface area contributed by atoms with Crippen LogP contribution in [0.15, 0.2) is 18.2 Å². The molecule has 0 aliphatic heterocycles. The van der Waals surface area contributed by atoms with Crippen LogP contribution < -0.4 is 5.32 Å². The molecule has 0 aliphatic rings. The number of aryl methyl sites for hydroxylation is 1. The van der Waals surface area contributed by atoms with E-state index in [0.29, 0.717) is 5.56 Å². The Morgan fingerprint density at radius 3 is 2.39 bits per heavy atom. The predicted molar refractivity (Wildman–Crippen MR) is 66.6 cm³/mol. The fourth-order valence-corrected chi connectivity index (χ4v) is 1.57. The number of carbonyl (C=O) groups excluding carboxylic acids is 1. The molecule has 98 valence electrons. The van der Waals surface area contributed by atoms with Gasteiger partial charge in [-0.15, -0.1) is 0 Å². The van der Waals surface area contributed by atoms with Crippen LogP contribution in [0.4, 0.5) is 0 Å². The van der Waals surface area contributed by atoms with E-state index in [2.05, 4.69) is 5.32 Å². The van der Waals surface area contributed by atoms with Crippen LogP contribution in [-0.2, 0) is 4.79 Å². The van der Waals surface area contributed by atoms with E-state index < -0.39 is 17.9 Å². The van der Waals surface area contributed by atoms with Crippen molar-refractivity contribution in [3.63, 3.8) is 0 Å². The van der Waals surface area contributed by atoms with E-state index in [4.69, 9.17) is 5.11 Å². The maximum Gasteiger partial charge on any atom is 0.326 e. The van der Waals surface area contributed by atoms with Crippen molar-refractivity contribution in [2.24, 2.45) is 5.92 Å². The fourth-order valence-electron chi connectivity index (χ4n) is 1.57. The van der Waals surface area contributed by atoms with Gasteiger partial charge in [0.15, 0.2) is 0 Å². The maximum atomic E-state index is 11.9. The summed E-state index contributed by atoms with van der Waals surface area (Å²) in [5.74, 6) is -2.04. The molecule has 0 aromatic heterocycles. The first-order valence-electron chi connectivity index (χ1n) is 5.66. The molecule has 5 nitrogen and oxygen atoms in total. The quantitative estimate of drug-likeness (QED) is 0.757. The second kappa shape index (κ2) is 5.53. The van der Waals surface area contributed by atoms with Crippen LogP contribution in [-0.4, -0.2) is 28.1 Å². The van der Waals surface area contributed by atoms with Crippen molar-refractivity contribution in [3.05, 3.63) is 29.3 Å². The molecule has 1 aromatic carbocycles. The first kappa shape index (κ1) is 14.0. The van der Waals surface area contributed by atoms with Crippen LogP contribution in [0.25, 0.3) is 0 Å². The number of aromatic hydroxyl groups is 1. The summed E-state index contributed by atoms with van der Waals surface area (Å²) < 4.78 is 0. The molecule has 1 atom stereocenters. The van der Waals surface area contributed by atoms with Gasteiger partial charge in [0, 0.05) is 0 Å². The highest BCUT2D eigenvalue weighted by Crippen LogP contribution is 2.21. The zero-order valence-corrected chi connectivity index (χ0v) is 10.6. The fraction of sp³-hybridized carbons (Fsp3) is 0.385. The lowest BCUT2D eigenvalue weighted by molar-refractivity contribution is -0.140. The van der Waals surface area contributed by atoms with Crippen LogP contribution in [0.2, 0.25) is 0 Å². The SMILES string of the molecule is Cc1cccc(C(=O)N[C@H](C(=O)O)C(C)C)c1O. The molecule has 0 bridgehead atoms. The number of phenols is 1. The van der Waals surface area contributed by atoms with Crippen molar-refractivity contribution < 1.29 is 19.8 Å². The Kier molecular flexibility index (Phi) is 4.31. The molecule has 0 spiro atoms. The number of hydrogen-bond acceptors (Lipinski definition) is 3. The van der Waals surface area contributed by atoms with Gasteiger partial charge in [0.1, 0.15) is 11.8 Å². The molecule has 0 heterocycles. The molecule has 1 aromatic rings. The topological polar surface area (TPSA) is 86.6 Å². The highest BCUT2D eigenvalue weighted by Gasteiger charge is 2.25. The van der Waals surface area contributed by atoms with Gasteiger partial charge in [0.2, 0.25) is 0 Å². The highest BCUT2D eigenvalue weighted by atomic mass is 16.4. The van der Waals surface area contributed by atoms with Gasteiger partial charge in [0.05, 0.1) is 5.56 Å². The summed E-state index contributed by atoms with van der Waals surface area (Å²) >= 11 is 0. The number of carbonyl (C=O) groups is 2. The third kappa shape index (κ3) is 3.00. The van der Waals surface area contributed by atoms with Gasteiger partial charge >= 0.3 is 5.97 Å². The molecule has 5 heteroatoms. The first-order valence-corrected chi connectivity index (χ1v) is 5.66. The van der Waals surface area contributed by atoms with Crippen molar-refractivity contribution in [3.8, 4) is 5.75 Å². The van der Waals surface area contributed by atoms with Gasteiger partial charge in [-0.2, -0.15) is 0 Å². The summed E-state index contributed by atoms with van der Waals surface area (Å²) in [4.78, 5) is 22.9. The van der Waals surface area contributed by atoms with E-state index in [1.807, 2.05) is 0 Å². The van der Waals surface area contributed by atoms with Gasteiger partial charge in [0.25, 0.3) is 5.91 Å². The van der Waals surface area contributed by atoms with Crippen molar-refractivity contribution >= 4 is 11.9 Å². The lowest BCUT2D eigenvalue weighted by Crippen LogP contribution is -2.44. The summed E-state index contributed by atoms with van der Waals surface area (Å²) in [6.07, 6.45) is 0. The molecule has 0 aliphatic carbocycles. The summed E-state index contributed by atoms with van der Waals surface area (Å²) in [6, 6.07) is 3.78. The standard InChI is InChI=1S/C13H17NO4/c1-7(2)10(13(17)18)14-12(16)9-6-4-5-8(3)11(9)15/h4-7,10,15H,1-3H3,(H,14,16)(H,17,18)/t10-/m0/s1. The Balaban J connectivity index is 2.94. The molecule has 0 saturated carbocycles. The average Bonchev–Trinajstić information content (AvgIpc) is 2.28. The third-order valence-electron chi connectivity index (χ3n) is 2.70. The van der Waals surface area contributed by atoms with Gasteiger partial charge < -0.3 is 15.5 Å². The molecule has 0 radical (unpaired) electrons. The number of carboxylic acids is 1. The largest absolute Gasteiger partial charge is 0.507 e. The third-order valence-corrected chi connectivity index (χ3v) is 2.70. The maximum absolute atomic E-state index is 11.9. The van der Waals surface area contributed by atoms with Gasteiger partial charge in [-0.05, 0) is 24.5 Å². The number of para-hydroxylation sites is 1. The predicted octanol–water partition coefficient (Wildman–Crippen LogP) is 1.54. The van der Waals surface area contributed by atoms with Crippen LogP contribution in [0.5, 0.6) is 5.75 Å². The molecule has 3 N–H and O–H groups in total.